The number of rotatable bonds is 10. The Morgan fingerprint density at radius 3 is 2.35 bits per heavy atom. The fraction of sp³-hybridized carbons (Fsp3) is 0.342. The lowest BCUT2D eigenvalue weighted by atomic mass is 9.68. The maximum atomic E-state index is 14.1. The Bertz CT molecular complexity index is 2130. The number of aromatic amines is 1. The number of thiazole rings is 1. The second-order valence-electron chi connectivity index (χ2n) is 13.2. The van der Waals surface area contributed by atoms with Gasteiger partial charge >= 0.3 is 10.8 Å². The Morgan fingerprint density at radius 1 is 0.904 bits per heavy atom. The third kappa shape index (κ3) is 5.94. The molecule has 8 rings (SSSR count). The summed E-state index contributed by atoms with van der Waals surface area (Å²) in [6, 6.07) is 19.3. The number of ether oxygens (including phenoxy) is 3. The molecular formula is C38H34BrN3O8S2. The first-order chi connectivity index (χ1) is 25.2. The highest BCUT2D eigenvalue weighted by Gasteiger charge is 2.69. The van der Waals surface area contributed by atoms with Gasteiger partial charge in [0, 0.05) is 26.2 Å². The molecule has 3 heterocycles. The number of H-pyrrole nitrogens is 1. The highest BCUT2D eigenvalue weighted by Crippen LogP contribution is 2.68. The van der Waals surface area contributed by atoms with Crippen molar-refractivity contribution in [3.8, 4) is 11.5 Å². The molecule has 0 radical (unpaired) electrons. The summed E-state index contributed by atoms with van der Waals surface area (Å²) in [6.45, 7) is 3.93. The van der Waals surface area contributed by atoms with Crippen LogP contribution in [0.15, 0.2) is 81.0 Å². The van der Waals surface area contributed by atoms with Gasteiger partial charge in [0.05, 0.1) is 41.3 Å². The van der Waals surface area contributed by atoms with Crippen LogP contribution in [-0.2, 0) is 19.1 Å². The molecule has 268 valence electrons. The van der Waals surface area contributed by atoms with Crippen molar-refractivity contribution in [3.63, 3.8) is 0 Å². The molecule has 11 nitrogen and oxygen atoms in total. The van der Waals surface area contributed by atoms with Crippen molar-refractivity contribution in [2.45, 2.75) is 36.5 Å². The van der Waals surface area contributed by atoms with Gasteiger partial charge in [-0.1, -0.05) is 33.3 Å². The van der Waals surface area contributed by atoms with Crippen LogP contribution in [0.4, 0.5) is 11.4 Å². The summed E-state index contributed by atoms with van der Waals surface area (Å²) in [5.74, 6) is -1.32. The van der Waals surface area contributed by atoms with Crippen molar-refractivity contribution in [1.29, 1.82) is 0 Å². The first kappa shape index (κ1) is 34.7. The van der Waals surface area contributed by atoms with Crippen LogP contribution in [0.2, 0.25) is 0 Å². The predicted molar refractivity (Wildman–Crippen MR) is 199 cm³/mol. The quantitative estimate of drug-likeness (QED) is 0.136. The SMILES string of the molecule is CCOC(=O)c1ccc(NC(=O)COc2ccc([C@H]3c4sc(=O)[nH]c4SC4C5CC(C6C(=O)N(c7ccc(Br)cc7)C(=O)C56)C43)cc2OCC)cc1. The number of carbonyl (C=O) groups is 4. The maximum absolute atomic E-state index is 14.1. The lowest BCUT2D eigenvalue weighted by molar-refractivity contribution is -0.123. The summed E-state index contributed by atoms with van der Waals surface area (Å²) in [5, 5.41) is 3.63. The number of nitrogens with zero attached hydrogens (tertiary/aromatic N) is 1. The van der Waals surface area contributed by atoms with Gasteiger partial charge < -0.3 is 24.5 Å². The molecule has 52 heavy (non-hydrogen) atoms. The molecule has 2 aliphatic carbocycles. The molecule has 3 fully saturated rings. The third-order valence-electron chi connectivity index (χ3n) is 10.5. The van der Waals surface area contributed by atoms with E-state index in [4.69, 9.17) is 14.2 Å². The minimum Gasteiger partial charge on any atom is -0.490 e. The molecule has 4 aliphatic rings. The van der Waals surface area contributed by atoms with E-state index in [9.17, 15) is 24.0 Å². The van der Waals surface area contributed by atoms with E-state index in [0.29, 0.717) is 35.0 Å². The third-order valence-corrected chi connectivity index (χ3v) is 13.6. The van der Waals surface area contributed by atoms with Crippen LogP contribution < -0.4 is 24.6 Å². The number of carbonyl (C=O) groups excluding carboxylic acids is 4. The molecule has 2 saturated carbocycles. The molecule has 2 bridgehead atoms. The average Bonchev–Trinajstić information content (AvgIpc) is 3.87. The van der Waals surface area contributed by atoms with Gasteiger partial charge in [0.2, 0.25) is 11.8 Å². The number of nitrogens with one attached hydrogen (secondary N) is 2. The molecule has 3 aromatic carbocycles. The van der Waals surface area contributed by atoms with E-state index in [-0.39, 0.29) is 64.7 Å². The summed E-state index contributed by atoms with van der Waals surface area (Å²) >= 11 is 6.27. The molecule has 2 N–H and O–H groups in total. The summed E-state index contributed by atoms with van der Waals surface area (Å²) < 4.78 is 17.9. The maximum Gasteiger partial charge on any atom is 0.338 e. The second kappa shape index (κ2) is 13.9. The molecular weight excluding hydrogens is 770 g/mol. The normalized spacial score (nSPS) is 25.4. The number of anilines is 2. The van der Waals surface area contributed by atoms with Gasteiger partial charge in [0.1, 0.15) is 0 Å². The zero-order chi connectivity index (χ0) is 36.3. The predicted octanol–water partition coefficient (Wildman–Crippen LogP) is 6.47. The second-order valence-corrected chi connectivity index (χ2v) is 16.3. The Labute approximate surface area is 315 Å². The number of aromatic nitrogens is 1. The molecule has 7 atom stereocenters. The summed E-state index contributed by atoms with van der Waals surface area (Å²) in [4.78, 5) is 70.8. The molecule has 0 spiro atoms. The summed E-state index contributed by atoms with van der Waals surface area (Å²) in [6.07, 6.45) is 0.777. The number of hydrogen-bond acceptors (Lipinski definition) is 10. The van der Waals surface area contributed by atoms with E-state index in [1.807, 2.05) is 31.2 Å². The van der Waals surface area contributed by atoms with Crippen LogP contribution in [0, 0.1) is 29.6 Å². The van der Waals surface area contributed by atoms with Gasteiger partial charge in [-0.2, -0.15) is 0 Å². The fourth-order valence-corrected chi connectivity index (χ4v) is 11.7. The minimum absolute atomic E-state index is 0.00482. The highest BCUT2D eigenvalue weighted by molar-refractivity contribution is 9.10. The number of amides is 3. The first-order valence-corrected chi connectivity index (χ1v) is 19.6. The van der Waals surface area contributed by atoms with Gasteiger partial charge in [-0.25, -0.2) is 4.79 Å². The smallest absolute Gasteiger partial charge is 0.338 e. The van der Waals surface area contributed by atoms with Gasteiger partial charge in [0.15, 0.2) is 18.1 Å². The molecule has 3 amide bonds. The van der Waals surface area contributed by atoms with Crippen LogP contribution >= 0.6 is 39.0 Å². The standard InChI is InChI=1S/C38H34BrN3O8S2/c1-3-48-26-15-19(7-14-25(26)50-17-27(43)40-21-10-5-18(6-11-21)37(46)49-4-2)28-29-23-16-24(32(29)51-34-33(28)52-38(47)41-34)31-30(23)35(44)42(36(31)45)22-12-8-20(39)9-13-22/h5-15,23-24,28-32H,3-4,16-17H2,1-2H3,(H,40,43)(H,41,47)/t23?,24?,28-,29?,30?,31?,32?/m1/s1. The molecule has 2 aliphatic heterocycles. The van der Waals surface area contributed by atoms with Crippen LogP contribution in [0.1, 0.15) is 47.0 Å². The number of imide groups is 1. The van der Waals surface area contributed by atoms with E-state index in [2.05, 4.69) is 26.2 Å². The molecule has 1 aromatic heterocycles. The molecule has 1 saturated heterocycles. The summed E-state index contributed by atoms with van der Waals surface area (Å²) in [7, 11) is 0. The number of fused-ring (bicyclic) bond motifs is 9. The van der Waals surface area contributed by atoms with Crippen molar-refractivity contribution in [2.24, 2.45) is 29.6 Å². The van der Waals surface area contributed by atoms with Crippen molar-refractivity contribution in [1.82, 2.24) is 4.98 Å². The van der Waals surface area contributed by atoms with E-state index >= 15 is 0 Å². The Morgan fingerprint density at radius 2 is 1.63 bits per heavy atom. The highest BCUT2D eigenvalue weighted by atomic mass is 79.9. The van der Waals surface area contributed by atoms with Crippen molar-refractivity contribution in [3.05, 3.63) is 96.9 Å². The summed E-state index contributed by atoms with van der Waals surface area (Å²) in [5.41, 5.74) is 2.39. The lowest BCUT2D eigenvalue weighted by Gasteiger charge is -2.43. The minimum atomic E-state index is -0.435. The van der Waals surface area contributed by atoms with E-state index < -0.39 is 17.8 Å². The van der Waals surface area contributed by atoms with Gasteiger partial charge in [-0.15, -0.1) is 11.8 Å². The van der Waals surface area contributed by atoms with E-state index in [1.165, 1.54) is 16.2 Å². The number of halogens is 1. The topological polar surface area (TPSA) is 144 Å². The Kier molecular flexibility index (Phi) is 9.24. The Balaban J connectivity index is 1.05. The first-order valence-electron chi connectivity index (χ1n) is 17.2. The molecule has 6 unspecified atom stereocenters. The number of hydrogen-bond donors (Lipinski definition) is 2. The van der Waals surface area contributed by atoms with E-state index in [0.717, 1.165) is 26.4 Å². The van der Waals surface area contributed by atoms with Gasteiger partial charge in [-0.3, -0.25) is 24.1 Å². The van der Waals surface area contributed by atoms with E-state index in [1.54, 1.807) is 61.2 Å². The van der Waals surface area contributed by atoms with Gasteiger partial charge in [-0.05, 0) is 104 Å². The van der Waals surface area contributed by atoms with Crippen molar-refractivity contribution < 1.29 is 33.4 Å². The van der Waals surface area contributed by atoms with Gasteiger partial charge in [0.25, 0.3) is 5.91 Å². The zero-order valence-corrected chi connectivity index (χ0v) is 31.3. The molecule has 14 heteroatoms. The van der Waals surface area contributed by atoms with Crippen LogP contribution in [0.5, 0.6) is 11.5 Å². The molecule has 4 aromatic rings. The fourth-order valence-electron chi connectivity index (χ4n) is 8.58. The van der Waals surface area contributed by atoms with Crippen LogP contribution in [-0.4, -0.2) is 53.7 Å². The Hall–Kier alpha value is -4.40. The van der Waals surface area contributed by atoms with Crippen LogP contribution in [0.25, 0.3) is 0 Å². The zero-order valence-electron chi connectivity index (χ0n) is 28.1. The number of benzene rings is 3. The average molecular weight is 805 g/mol. The van der Waals surface area contributed by atoms with Crippen molar-refractivity contribution >= 4 is 74.1 Å². The number of thioether (sulfide) groups is 1. The van der Waals surface area contributed by atoms with Crippen LogP contribution in [0.3, 0.4) is 0 Å². The largest absolute Gasteiger partial charge is 0.490 e. The van der Waals surface area contributed by atoms with Crippen molar-refractivity contribution in [2.75, 3.05) is 30.0 Å². The lowest BCUT2D eigenvalue weighted by Crippen LogP contribution is -2.42. The monoisotopic (exact) mass is 803 g/mol. The number of esters is 1.